The maximum atomic E-state index is 10.4. The van der Waals surface area contributed by atoms with Crippen molar-refractivity contribution in [2.75, 3.05) is 13.2 Å². The van der Waals surface area contributed by atoms with E-state index in [-0.39, 0.29) is 22.5 Å². The summed E-state index contributed by atoms with van der Waals surface area (Å²) in [4.78, 5) is 0. The van der Waals surface area contributed by atoms with Gasteiger partial charge in [0, 0.05) is 12.1 Å². The van der Waals surface area contributed by atoms with Crippen LogP contribution in [0.3, 0.4) is 0 Å². The third-order valence-corrected chi connectivity index (χ3v) is 6.38. The van der Waals surface area contributed by atoms with E-state index in [1.807, 2.05) is 0 Å². The number of rotatable bonds is 7. The van der Waals surface area contributed by atoms with E-state index >= 15 is 0 Å². The quantitative estimate of drug-likeness (QED) is 0.723. The lowest BCUT2D eigenvalue weighted by molar-refractivity contribution is -0.110. The van der Waals surface area contributed by atoms with Crippen LogP contribution in [0.5, 0.6) is 0 Å². The predicted molar refractivity (Wildman–Crippen MR) is 101 cm³/mol. The molecule has 24 heavy (non-hydrogen) atoms. The highest BCUT2D eigenvalue weighted by atomic mass is 16.5. The summed E-state index contributed by atoms with van der Waals surface area (Å²) in [5.74, 6) is 0.786. The van der Waals surface area contributed by atoms with Gasteiger partial charge in [-0.2, -0.15) is 0 Å². The first-order valence-corrected chi connectivity index (χ1v) is 9.80. The molecular formula is C21H41NO2. The SMILES string of the molecule is CC(C)(C)CC(C)(C)NC[C@@H](O)CO[C@H]1C(C)(C)[C@H]2CC[C@@]1(C)C2. The minimum Gasteiger partial charge on any atom is -0.389 e. The van der Waals surface area contributed by atoms with Gasteiger partial charge < -0.3 is 15.2 Å². The molecule has 0 heterocycles. The molecule has 0 unspecified atom stereocenters. The molecule has 0 amide bonds. The molecule has 3 nitrogen and oxygen atoms in total. The van der Waals surface area contributed by atoms with Crippen LogP contribution < -0.4 is 5.32 Å². The molecule has 2 rings (SSSR count). The first-order chi connectivity index (χ1) is 10.8. The van der Waals surface area contributed by atoms with Crippen LogP contribution in [-0.4, -0.2) is 36.0 Å². The van der Waals surface area contributed by atoms with Crippen LogP contribution in [0.15, 0.2) is 0 Å². The molecule has 0 aliphatic heterocycles. The first-order valence-electron chi connectivity index (χ1n) is 9.80. The smallest absolute Gasteiger partial charge is 0.0898 e. The number of aliphatic hydroxyl groups is 1. The van der Waals surface area contributed by atoms with Gasteiger partial charge in [-0.3, -0.25) is 0 Å². The average Bonchev–Trinajstić information content (AvgIpc) is 2.84. The van der Waals surface area contributed by atoms with E-state index in [4.69, 9.17) is 4.74 Å². The lowest BCUT2D eigenvalue weighted by Crippen LogP contribution is -2.48. The fourth-order valence-corrected chi connectivity index (χ4v) is 5.72. The molecular weight excluding hydrogens is 298 g/mol. The maximum Gasteiger partial charge on any atom is 0.0898 e. The van der Waals surface area contributed by atoms with Crippen molar-refractivity contribution in [1.29, 1.82) is 0 Å². The zero-order valence-corrected chi connectivity index (χ0v) is 17.3. The van der Waals surface area contributed by atoms with Crippen molar-refractivity contribution in [2.45, 2.75) is 98.8 Å². The number of hydrogen-bond donors (Lipinski definition) is 2. The van der Waals surface area contributed by atoms with Crippen molar-refractivity contribution >= 4 is 0 Å². The highest BCUT2D eigenvalue weighted by Gasteiger charge is 2.60. The molecule has 2 aliphatic rings. The number of β-amino-alcohol motifs (C(OH)–C–C–N with tert-alkyl or cyclic N) is 1. The Morgan fingerprint density at radius 3 is 2.29 bits per heavy atom. The zero-order chi connectivity index (χ0) is 18.4. The van der Waals surface area contributed by atoms with E-state index in [0.29, 0.717) is 18.6 Å². The molecule has 3 heteroatoms. The molecule has 0 aromatic carbocycles. The van der Waals surface area contributed by atoms with Crippen molar-refractivity contribution < 1.29 is 9.84 Å². The van der Waals surface area contributed by atoms with Crippen molar-refractivity contribution in [1.82, 2.24) is 5.32 Å². The Bertz CT molecular complexity index is 433. The lowest BCUT2D eigenvalue weighted by atomic mass is 9.70. The number of ether oxygens (including phenoxy) is 1. The van der Waals surface area contributed by atoms with Gasteiger partial charge in [-0.1, -0.05) is 41.5 Å². The topological polar surface area (TPSA) is 41.5 Å². The second-order valence-electron chi connectivity index (χ2n) is 11.3. The Hall–Kier alpha value is -0.120. The van der Waals surface area contributed by atoms with Gasteiger partial charge in [0.25, 0.3) is 0 Å². The average molecular weight is 340 g/mol. The summed E-state index contributed by atoms with van der Waals surface area (Å²) in [5.41, 5.74) is 0.856. The molecule has 2 bridgehead atoms. The Morgan fingerprint density at radius 1 is 1.17 bits per heavy atom. The standard InChI is InChI=1S/C21H41NO2/c1-18(2,3)14-19(4,5)22-12-16(23)13-24-17-20(6,7)15-9-10-21(17,8)11-15/h15-17,22-23H,9-14H2,1-8H3/t15-,16+,17-,21-/m0/s1. The van der Waals surface area contributed by atoms with Crippen molar-refractivity contribution in [3.8, 4) is 0 Å². The predicted octanol–water partition coefficient (Wildman–Crippen LogP) is 4.38. The van der Waals surface area contributed by atoms with Gasteiger partial charge >= 0.3 is 0 Å². The summed E-state index contributed by atoms with van der Waals surface area (Å²) in [7, 11) is 0. The third kappa shape index (κ3) is 4.53. The van der Waals surface area contributed by atoms with Crippen LogP contribution in [-0.2, 0) is 4.74 Å². The van der Waals surface area contributed by atoms with Crippen LogP contribution in [0.1, 0.15) is 81.1 Å². The Balaban J connectivity index is 1.80. The van der Waals surface area contributed by atoms with E-state index in [1.54, 1.807) is 0 Å². The number of aliphatic hydroxyl groups excluding tert-OH is 1. The van der Waals surface area contributed by atoms with E-state index in [0.717, 1.165) is 12.3 Å². The largest absolute Gasteiger partial charge is 0.389 e. The summed E-state index contributed by atoms with van der Waals surface area (Å²) < 4.78 is 6.29. The molecule has 0 aromatic heterocycles. The van der Waals surface area contributed by atoms with Gasteiger partial charge in [0.1, 0.15) is 0 Å². The second kappa shape index (κ2) is 6.55. The van der Waals surface area contributed by atoms with Crippen LogP contribution in [0.25, 0.3) is 0 Å². The van der Waals surface area contributed by atoms with Crippen LogP contribution in [0.2, 0.25) is 0 Å². The van der Waals surface area contributed by atoms with Gasteiger partial charge in [0.15, 0.2) is 0 Å². The molecule has 2 fully saturated rings. The molecule has 142 valence electrons. The van der Waals surface area contributed by atoms with Gasteiger partial charge in [-0.15, -0.1) is 0 Å². The van der Waals surface area contributed by atoms with E-state index in [9.17, 15) is 5.11 Å². The summed E-state index contributed by atoms with van der Waals surface area (Å²) >= 11 is 0. The lowest BCUT2D eigenvalue weighted by Gasteiger charge is -2.42. The maximum absolute atomic E-state index is 10.4. The number of hydrogen-bond acceptors (Lipinski definition) is 3. The molecule has 2 aliphatic carbocycles. The zero-order valence-electron chi connectivity index (χ0n) is 17.3. The summed E-state index contributed by atoms with van der Waals surface area (Å²) in [5, 5.41) is 13.9. The molecule has 0 radical (unpaired) electrons. The van der Waals surface area contributed by atoms with Gasteiger partial charge in [-0.25, -0.2) is 0 Å². The van der Waals surface area contributed by atoms with Crippen molar-refractivity contribution in [3.05, 3.63) is 0 Å². The monoisotopic (exact) mass is 339 g/mol. The molecule has 0 saturated heterocycles. The highest BCUT2D eigenvalue weighted by molar-refractivity contribution is 5.09. The van der Waals surface area contributed by atoms with Gasteiger partial charge in [0.2, 0.25) is 0 Å². The van der Waals surface area contributed by atoms with Crippen molar-refractivity contribution in [2.24, 2.45) is 22.2 Å². The summed E-state index contributed by atoms with van der Waals surface area (Å²) in [6.45, 7) is 19.3. The van der Waals surface area contributed by atoms with E-state index < -0.39 is 6.10 Å². The van der Waals surface area contributed by atoms with E-state index in [1.165, 1.54) is 19.3 Å². The second-order valence-corrected chi connectivity index (χ2v) is 11.3. The first kappa shape index (κ1) is 20.2. The Kier molecular flexibility index (Phi) is 5.52. The molecule has 2 saturated carbocycles. The van der Waals surface area contributed by atoms with Gasteiger partial charge in [0.05, 0.1) is 18.8 Å². The fraction of sp³-hybridized carbons (Fsp3) is 1.00. The Morgan fingerprint density at radius 2 is 1.79 bits per heavy atom. The summed E-state index contributed by atoms with van der Waals surface area (Å²) in [6, 6.07) is 0. The molecule has 0 spiro atoms. The molecule has 0 aromatic rings. The van der Waals surface area contributed by atoms with Crippen molar-refractivity contribution in [3.63, 3.8) is 0 Å². The minimum absolute atomic E-state index is 0.0247. The van der Waals surface area contributed by atoms with Crippen LogP contribution in [0, 0.1) is 22.2 Å². The highest BCUT2D eigenvalue weighted by Crippen LogP contribution is 2.63. The molecule has 2 N–H and O–H groups in total. The van der Waals surface area contributed by atoms with Gasteiger partial charge in [-0.05, 0) is 61.7 Å². The van der Waals surface area contributed by atoms with Crippen LogP contribution >= 0.6 is 0 Å². The fourth-order valence-electron chi connectivity index (χ4n) is 5.72. The van der Waals surface area contributed by atoms with E-state index in [2.05, 4.69) is 60.7 Å². The Labute approximate surface area is 149 Å². The normalized spacial score (nSPS) is 33.9. The van der Waals surface area contributed by atoms with Crippen LogP contribution in [0.4, 0.5) is 0 Å². The number of nitrogens with one attached hydrogen (secondary N) is 1. The molecule has 4 atom stereocenters. The minimum atomic E-state index is -0.442. The third-order valence-electron chi connectivity index (χ3n) is 6.38. The summed E-state index contributed by atoms with van der Waals surface area (Å²) in [6.07, 6.45) is 4.82. The number of fused-ring (bicyclic) bond motifs is 2.